The maximum atomic E-state index is 5.60. The molecule has 96 valence electrons. The van der Waals surface area contributed by atoms with Gasteiger partial charge in [0.05, 0.1) is 0 Å². The molecule has 0 saturated heterocycles. The third-order valence-electron chi connectivity index (χ3n) is 3.19. The summed E-state index contributed by atoms with van der Waals surface area (Å²) < 4.78 is 0. The van der Waals surface area contributed by atoms with Crippen molar-refractivity contribution in [3.05, 3.63) is 35.4 Å². The van der Waals surface area contributed by atoms with E-state index >= 15 is 0 Å². The van der Waals surface area contributed by atoms with Gasteiger partial charge in [-0.15, -0.1) is 0 Å². The van der Waals surface area contributed by atoms with Crippen LogP contribution in [0.25, 0.3) is 0 Å². The number of aryl methyl sites for hydroxylation is 1. The highest BCUT2D eigenvalue weighted by molar-refractivity contribution is 5.22. The lowest BCUT2D eigenvalue weighted by atomic mass is 9.89. The minimum atomic E-state index is 0.290. The zero-order chi connectivity index (χ0) is 12.7. The summed E-state index contributed by atoms with van der Waals surface area (Å²) in [5, 5.41) is 3.51. The molecular weight excluding hydrogens is 208 g/mol. The fraction of sp³-hybridized carbons (Fsp3) is 0.600. The van der Waals surface area contributed by atoms with Gasteiger partial charge >= 0.3 is 0 Å². The van der Waals surface area contributed by atoms with E-state index in [-0.39, 0.29) is 5.41 Å². The number of nitrogens with one attached hydrogen (secondary N) is 1. The molecule has 0 atom stereocenters. The van der Waals surface area contributed by atoms with Gasteiger partial charge in [-0.1, -0.05) is 45.0 Å². The van der Waals surface area contributed by atoms with Gasteiger partial charge < -0.3 is 11.1 Å². The van der Waals surface area contributed by atoms with E-state index in [4.69, 9.17) is 5.73 Å². The average Bonchev–Trinajstić information content (AvgIpc) is 2.29. The molecular formula is C15H26N2. The molecule has 1 rings (SSSR count). The summed E-state index contributed by atoms with van der Waals surface area (Å²) in [5.41, 5.74) is 8.64. The topological polar surface area (TPSA) is 38.0 Å². The van der Waals surface area contributed by atoms with Gasteiger partial charge in [0, 0.05) is 13.1 Å². The molecule has 0 aliphatic rings. The van der Waals surface area contributed by atoms with Crippen LogP contribution in [0.2, 0.25) is 0 Å². The van der Waals surface area contributed by atoms with Crippen LogP contribution in [0, 0.1) is 5.41 Å². The van der Waals surface area contributed by atoms with Gasteiger partial charge in [-0.25, -0.2) is 0 Å². The Labute approximate surface area is 106 Å². The predicted octanol–water partition coefficient (Wildman–Crippen LogP) is 2.71. The monoisotopic (exact) mass is 234 g/mol. The largest absolute Gasteiger partial charge is 0.330 e. The quantitative estimate of drug-likeness (QED) is 0.761. The molecule has 17 heavy (non-hydrogen) atoms. The molecule has 0 bridgehead atoms. The van der Waals surface area contributed by atoms with Crippen LogP contribution in [0.5, 0.6) is 0 Å². The lowest BCUT2D eigenvalue weighted by molar-refractivity contribution is 0.319. The Kier molecular flexibility index (Phi) is 5.66. The molecule has 0 spiro atoms. The van der Waals surface area contributed by atoms with Crippen molar-refractivity contribution in [1.82, 2.24) is 5.32 Å². The minimum absolute atomic E-state index is 0.290. The molecule has 3 N–H and O–H groups in total. The van der Waals surface area contributed by atoms with Crippen molar-refractivity contribution in [2.24, 2.45) is 11.1 Å². The Morgan fingerprint density at radius 1 is 1.12 bits per heavy atom. The lowest BCUT2D eigenvalue weighted by Gasteiger charge is -2.24. The minimum Gasteiger partial charge on any atom is -0.330 e. The summed E-state index contributed by atoms with van der Waals surface area (Å²) in [4.78, 5) is 0. The first-order chi connectivity index (χ1) is 8.07. The average molecular weight is 234 g/mol. The normalized spacial score (nSPS) is 11.8. The van der Waals surface area contributed by atoms with Gasteiger partial charge in [0.1, 0.15) is 0 Å². The Morgan fingerprint density at radius 3 is 2.24 bits per heavy atom. The van der Waals surface area contributed by atoms with Gasteiger partial charge in [0.25, 0.3) is 0 Å². The molecule has 0 fully saturated rings. The molecule has 0 unspecified atom stereocenters. The third-order valence-corrected chi connectivity index (χ3v) is 3.19. The zero-order valence-corrected chi connectivity index (χ0v) is 11.4. The van der Waals surface area contributed by atoms with E-state index in [1.807, 2.05) is 0 Å². The standard InChI is InChI=1S/C15H26N2/c1-4-13-5-7-14(8-6-13)11-17-12-15(2,3)9-10-16/h5-8,17H,4,9-12,16H2,1-3H3. The van der Waals surface area contributed by atoms with Crippen LogP contribution in [0.3, 0.4) is 0 Å². The zero-order valence-electron chi connectivity index (χ0n) is 11.4. The van der Waals surface area contributed by atoms with E-state index in [0.29, 0.717) is 0 Å². The molecule has 1 aromatic rings. The summed E-state index contributed by atoms with van der Waals surface area (Å²) in [6, 6.07) is 8.84. The van der Waals surface area contributed by atoms with E-state index in [0.717, 1.165) is 32.5 Å². The van der Waals surface area contributed by atoms with Crippen LogP contribution in [-0.4, -0.2) is 13.1 Å². The summed E-state index contributed by atoms with van der Waals surface area (Å²) in [6.07, 6.45) is 2.17. The highest BCUT2D eigenvalue weighted by Crippen LogP contribution is 2.17. The Morgan fingerprint density at radius 2 is 1.71 bits per heavy atom. The van der Waals surface area contributed by atoms with E-state index in [9.17, 15) is 0 Å². The van der Waals surface area contributed by atoms with E-state index in [1.165, 1.54) is 11.1 Å². The van der Waals surface area contributed by atoms with Crippen LogP contribution >= 0.6 is 0 Å². The van der Waals surface area contributed by atoms with Gasteiger partial charge in [0.15, 0.2) is 0 Å². The fourth-order valence-corrected chi connectivity index (χ4v) is 1.92. The summed E-state index contributed by atoms with van der Waals surface area (Å²) >= 11 is 0. The molecule has 1 aromatic carbocycles. The van der Waals surface area contributed by atoms with Crippen molar-refractivity contribution >= 4 is 0 Å². The van der Waals surface area contributed by atoms with Gasteiger partial charge in [-0.05, 0) is 35.9 Å². The number of rotatable bonds is 7. The van der Waals surface area contributed by atoms with Crippen LogP contribution in [0.15, 0.2) is 24.3 Å². The Hall–Kier alpha value is -0.860. The third kappa shape index (κ3) is 5.33. The van der Waals surface area contributed by atoms with Crippen molar-refractivity contribution in [2.45, 2.75) is 40.2 Å². The molecule has 0 radical (unpaired) electrons. The van der Waals surface area contributed by atoms with Gasteiger partial charge in [-0.2, -0.15) is 0 Å². The second-order valence-electron chi connectivity index (χ2n) is 5.48. The number of nitrogens with two attached hydrogens (primary N) is 1. The predicted molar refractivity (Wildman–Crippen MR) is 75.0 cm³/mol. The van der Waals surface area contributed by atoms with Crippen LogP contribution in [-0.2, 0) is 13.0 Å². The van der Waals surface area contributed by atoms with Crippen LogP contribution in [0.1, 0.15) is 38.3 Å². The highest BCUT2D eigenvalue weighted by atomic mass is 14.9. The summed E-state index contributed by atoms with van der Waals surface area (Å²) in [7, 11) is 0. The maximum Gasteiger partial charge on any atom is 0.0205 e. The molecule has 0 heterocycles. The molecule has 0 aliphatic carbocycles. The van der Waals surface area contributed by atoms with Crippen molar-refractivity contribution in [3.8, 4) is 0 Å². The first-order valence-electron chi connectivity index (χ1n) is 6.56. The van der Waals surface area contributed by atoms with E-state index in [2.05, 4.69) is 50.4 Å². The number of benzene rings is 1. The molecule has 2 nitrogen and oxygen atoms in total. The Balaban J connectivity index is 2.35. The smallest absolute Gasteiger partial charge is 0.0205 e. The van der Waals surface area contributed by atoms with Gasteiger partial charge in [0.2, 0.25) is 0 Å². The van der Waals surface area contributed by atoms with Crippen LogP contribution < -0.4 is 11.1 Å². The molecule has 0 amide bonds. The lowest BCUT2D eigenvalue weighted by Crippen LogP contribution is -2.30. The van der Waals surface area contributed by atoms with Crippen molar-refractivity contribution in [3.63, 3.8) is 0 Å². The molecule has 0 aromatic heterocycles. The van der Waals surface area contributed by atoms with Crippen LogP contribution in [0.4, 0.5) is 0 Å². The van der Waals surface area contributed by atoms with Gasteiger partial charge in [-0.3, -0.25) is 0 Å². The highest BCUT2D eigenvalue weighted by Gasteiger charge is 2.15. The second-order valence-corrected chi connectivity index (χ2v) is 5.48. The SMILES string of the molecule is CCc1ccc(CNCC(C)(C)CCN)cc1. The summed E-state index contributed by atoms with van der Waals surface area (Å²) in [6.45, 7) is 9.42. The van der Waals surface area contributed by atoms with E-state index < -0.39 is 0 Å². The number of hydrogen-bond acceptors (Lipinski definition) is 2. The number of hydrogen-bond donors (Lipinski definition) is 2. The maximum absolute atomic E-state index is 5.60. The Bertz CT molecular complexity index is 314. The first-order valence-corrected chi connectivity index (χ1v) is 6.56. The summed E-state index contributed by atoms with van der Waals surface area (Å²) in [5.74, 6) is 0. The molecule has 0 saturated carbocycles. The van der Waals surface area contributed by atoms with Crippen molar-refractivity contribution < 1.29 is 0 Å². The molecule has 2 heteroatoms. The van der Waals surface area contributed by atoms with E-state index in [1.54, 1.807) is 0 Å². The second kappa shape index (κ2) is 6.77. The fourth-order valence-electron chi connectivity index (χ4n) is 1.92. The molecule has 0 aliphatic heterocycles. The van der Waals surface area contributed by atoms with Crippen molar-refractivity contribution in [2.75, 3.05) is 13.1 Å². The van der Waals surface area contributed by atoms with Crippen molar-refractivity contribution in [1.29, 1.82) is 0 Å². The first kappa shape index (κ1) is 14.2.